The summed E-state index contributed by atoms with van der Waals surface area (Å²) in [5, 5.41) is 16.3. The van der Waals surface area contributed by atoms with Gasteiger partial charge in [0, 0.05) is 29.3 Å². The highest BCUT2D eigenvalue weighted by Crippen LogP contribution is 2.41. The Kier molecular flexibility index (Phi) is 8.52. The van der Waals surface area contributed by atoms with Crippen LogP contribution in [-0.4, -0.2) is 68.6 Å². The van der Waals surface area contributed by atoms with Crippen LogP contribution in [0.2, 0.25) is 5.02 Å². The molecule has 0 radical (unpaired) electrons. The molecular formula is C24H33ClFN3O4S. The number of carbonyl (C=O) groups is 3. The number of nitrogens with one attached hydrogen (secondary N) is 2. The summed E-state index contributed by atoms with van der Waals surface area (Å²) in [7, 11) is 0. The van der Waals surface area contributed by atoms with E-state index in [1.54, 1.807) is 24.3 Å². The number of aliphatic hydroxyl groups is 1. The van der Waals surface area contributed by atoms with Gasteiger partial charge in [-0.1, -0.05) is 30.7 Å². The lowest BCUT2D eigenvalue weighted by Crippen LogP contribution is -2.61. The SMILES string of the molecule is CCCSC(C)(C)[C@H](NC(=O)C1(F)CC1)C(=O)N1C[C@H](O)CC1C(=O)NCc1ccc(Cl)cc1. The molecule has 3 rings (SSSR count). The van der Waals surface area contributed by atoms with E-state index in [9.17, 15) is 23.9 Å². The monoisotopic (exact) mass is 513 g/mol. The molecule has 1 saturated heterocycles. The van der Waals surface area contributed by atoms with E-state index in [1.165, 1.54) is 16.7 Å². The van der Waals surface area contributed by atoms with Crippen molar-refractivity contribution in [3.8, 4) is 0 Å². The summed E-state index contributed by atoms with van der Waals surface area (Å²) in [5.74, 6) is -0.928. The summed E-state index contributed by atoms with van der Waals surface area (Å²) in [6.45, 7) is 5.88. The van der Waals surface area contributed by atoms with Crippen molar-refractivity contribution in [2.45, 2.75) is 81.6 Å². The van der Waals surface area contributed by atoms with Gasteiger partial charge >= 0.3 is 0 Å². The number of aliphatic hydroxyl groups excluding tert-OH is 1. The third-order valence-electron chi connectivity index (χ3n) is 6.24. The highest BCUT2D eigenvalue weighted by Gasteiger charge is 2.54. The molecule has 1 unspecified atom stereocenters. The number of nitrogens with zero attached hydrogens (tertiary/aromatic N) is 1. The Hall–Kier alpha value is -1.84. The third kappa shape index (κ3) is 6.43. The zero-order valence-electron chi connectivity index (χ0n) is 19.8. The minimum Gasteiger partial charge on any atom is -0.391 e. The van der Waals surface area contributed by atoms with Crippen molar-refractivity contribution in [1.29, 1.82) is 0 Å². The van der Waals surface area contributed by atoms with Crippen LogP contribution >= 0.6 is 23.4 Å². The zero-order chi connectivity index (χ0) is 25.1. The summed E-state index contributed by atoms with van der Waals surface area (Å²) >= 11 is 7.41. The van der Waals surface area contributed by atoms with Crippen molar-refractivity contribution in [3.05, 3.63) is 34.9 Å². The minimum atomic E-state index is -1.93. The molecule has 1 aliphatic carbocycles. The molecule has 188 valence electrons. The van der Waals surface area contributed by atoms with Gasteiger partial charge in [0.25, 0.3) is 5.91 Å². The normalized spacial score (nSPS) is 22.2. The lowest BCUT2D eigenvalue weighted by Gasteiger charge is -2.37. The molecule has 7 nitrogen and oxygen atoms in total. The predicted molar refractivity (Wildman–Crippen MR) is 131 cm³/mol. The van der Waals surface area contributed by atoms with E-state index in [4.69, 9.17) is 11.6 Å². The van der Waals surface area contributed by atoms with Gasteiger partial charge in [-0.15, -0.1) is 0 Å². The van der Waals surface area contributed by atoms with Crippen LogP contribution in [0, 0.1) is 0 Å². The van der Waals surface area contributed by atoms with Crippen LogP contribution in [-0.2, 0) is 20.9 Å². The fourth-order valence-electron chi connectivity index (χ4n) is 3.96. The Morgan fingerprint density at radius 2 is 1.94 bits per heavy atom. The average Bonchev–Trinajstić information content (AvgIpc) is 3.43. The molecule has 10 heteroatoms. The Morgan fingerprint density at radius 3 is 2.53 bits per heavy atom. The fourth-order valence-corrected chi connectivity index (χ4v) is 5.14. The molecule has 3 N–H and O–H groups in total. The van der Waals surface area contributed by atoms with Crippen molar-refractivity contribution in [3.63, 3.8) is 0 Å². The van der Waals surface area contributed by atoms with Crippen LogP contribution in [0.4, 0.5) is 4.39 Å². The number of amides is 3. The van der Waals surface area contributed by atoms with Crippen molar-refractivity contribution < 1.29 is 23.9 Å². The quantitative estimate of drug-likeness (QED) is 0.447. The lowest BCUT2D eigenvalue weighted by molar-refractivity contribution is -0.143. The second kappa shape index (κ2) is 10.8. The molecule has 1 heterocycles. The third-order valence-corrected chi connectivity index (χ3v) is 8.08. The number of benzene rings is 1. The van der Waals surface area contributed by atoms with Crippen LogP contribution in [0.15, 0.2) is 24.3 Å². The molecule has 0 bridgehead atoms. The largest absolute Gasteiger partial charge is 0.391 e. The van der Waals surface area contributed by atoms with Crippen molar-refractivity contribution in [2.24, 2.45) is 0 Å². The van der Waals surface area contributed by atoms with Crippen LogP contribution in [0.1, 0.15) is 52.0 Å². The van der Waals surface area contributed by atoms with E-state index in [2.05, 4.69) is 10.6 Å². The molecule has 2 aliphatic rings. The molecule has 2 fully saturated rings. The summed E-state index contributed by atoms with van der Waals surface area (Å²) in [6.07, 6.45) is 0.373. The smallest absolute Gasteiger partial charge is 0.258 e. The highest BCUT2D eigenvalue weighted by atomic mass is 35.5. The number of carbonyl (C=O) groups excluding carboxylic acids is 3. The second-order valence-corrected chi connectivity index (χ2v) is 11.7. The summed E-state index contributed by atoms with van der Waals surface area (Å²) in [6, 6.07) is 5.10. The van der Waals surface area contributed by atoms with Gasteiger partial charge in [0.1, 0.15) is 12.1 Å². The molecule has 1 aromatic carbocycles. The van der Waals surface area contributed by atoms with E-state index in [0.29, 0.717) is 5.02 Å². The Morgan fingerprint density at radius 1 is 1.29 bits per heavy atom. The number of likely N-dealkylation sites (tertiary alicyclic amines) is 1. The van der Waals surface area contributed by atoms with Crippen LogP contribution in [0.25, 0.3) is 0 Å². The first-order valence-corrected chi connectivity index (χ1v) is 13.0. The second-order valence-electron chi connectivity index (χ2n) is 9.56. The average molecular weight is 514 g/mol. The topological polar surface area (TPSA) is 98.7 Å². The molecule has 0 aromatic heterocycles. The molecule has 1 aliphatic heterocycles. The first kappa shape index (κ1) is 26.8. The molecule has 1 aromatic rings. The molecule has 34 heavy (non-hydrogen) atoms. The van der Waals surface area contributed by atoms with Crippen molar-refractivity contribution in [2.75, 3.05) is 12.3 Å². The van der Waals surface area contributed by atoms with Gasteiger partial charge in [0.05, 0.1) is 6.10 Å². The summed E-state index contributed by atoms with van der Waals surface area (Å²) < 4.78 is 13.7. The van der Waals surface area contributed by atoms with E-state index >= 15 is 0 Å². The Balaban J connectivity index is 1.75. The molecule has 0 spiro atoms. The maximum atomic E-state index is 14.4. The Labute approximate surface area is 209 Å². The zero-order valence-corrected chi connectivity index (χ0v) is 21.3. The van der Waals surface area contributed by atoms with Gasteiger partial charge in [-0.05, 0) is 56.6 Å². The number of hydrogen-bond donors (Lipinski definition) is 3. The maximum absolute atomic E-state index is 14.4. The van der Waals surface area contributed by atoms with Crippen LogP contribution in [0.5, 0.6) is 0 Å². The number of rotatable bonds is 10. The predicted octanol–water partition coefficient (Wildman–Crippen LogP) is 2.83. The van der Waals surface area contributed by atoms with Crippen molar-refractivity contribution >= 4 is 41.1 Å². The number of thioether (sulfide) groups is 1. The van der Waals surface area contributed by atoms with Gasteiger partial charge in [0.2, 0.25) is 11.8 Å². The standard InChI is InChI=1S/C24H33ClFN3O4S/c1-4-11-34-23(2,3)19(28-22(33)24(26)9-10-24)21(32)29-14-17(30)12-18(29)20(31)27-13-15-5-7-16(25)8-6-15/h5-8,17-19,30H,4,9-14H2,1-3H3,(H,27,31)(H,28,33)/t17-,18?,19-/m1/s1. The van der Waals surface area contributed by atoms with Crippen LogP contribution < -0.4 is 10.6 Å². The summed E-state index contributed by atoms with van der Waals surface area (Å²) in [5.41, 5.74) is -1.08. The molecule has 3 atom stereocenters. The van der Waals surface area contributed by atoms with Crippen LogP contribution in [0.3, 0.4) is 0 Å². The summed E-state index contributed by atoms with van der Waals surface area (Å²) in [4.78, 5) is 40.5. The number of alkyl halides is 1. The number of β-amino-alcohol motifs (C(OH)–C–C–N with tert-alkyl or cyclic N) is 1. The van der Waals surface area contributed by atoms with Gasteiger partial charge in [-0.3, -0.25) is 14.4 Å². The first-order chi connectivity index (χ1) is 16.0. The number of halogens is 2. The lowest BCUT2D eigenvalue weighted by atomic mass is 10.00. The van der Waals surface area contributed by atoms with E-state index < -0.39 is 46.3 Å². The van der Waals surface area contributed by atoms with Gasteiger partial charge in [0.15, 0.2) is 5.67 Å². The van der Waals surface area contributed by atoms with Gasteiger partial charge in [-0.25, -0.2) is 4.39 Å². The molecule has 1 saturated carbocycles. The molecular weight excluding hydrogens is 481 g/mol. The molecule has 3 amide bonds. The Bertz CT molecular complexity index is 910. The van der Waals surface area contributed by atoms with E-state index in [1.807, 2.05) is 20.8 Å². The number of hydrogen-bond acceptors (Lipinski definition) is 5. The highest BCUT2D eigenvalue weighted by molar-refractivity contribution is 8.00. The van der Waals surface area contributed by atoms with Gasteiger partial charge in [-0.2, -0.15) is 11.8 Å². The minimum absolute atomic E-state index is 0.0282. The van der Waals surface area contributed by atoms with Crippen molar-refractivity contribution in [1.82, 2.24) is 15.5 Å². The van der Waals surface area contributed by atoms with Gasteiger partial charge < -0.3 is 20.6 Å². The first-order valence-electron chi connectivity index (χ1n) is 11.6. The van der Waals surface area contributed by atoms with E-state index in [-0.39, 0.29) is 32.4 Å². The fraction of sp³-hybridized carbons (Fsp3) is 0.625. The maximum Gasteiger partial charge on any atom is 0.258 e. The van der Waals surface area contributed by atoms with E-state index in [0.717, 1.165) is 17.7 Å².